The first kappa shape index (κ1) is 13.6. The third kappa shape index (κ3) is 3.15. The van der Waals surface area contributed by atoms with Gasteiger partial charge in [0.2, 0.25) is 0 Å². The van der Waals surface area contributed by atoms with Crippen LogP contribution in [0.1, 0.15) is 10.5 Å². The van der Waals surface area contributed by atoms with Crippen LogP contribution in [-0.4, -0.2) is 16.1 Å². The predicted octanol–water partition coefficient (Wildman–Crippen LogP) is 3.52. The summed E-state index contributed by atoms with van der Waals surface area (Å²) in [6.45, 7) is 0. The highest BCUT2D eigenvalue weighted by molar-refractivity contribution is 9.10. The lowest BCUT2D eigenvalue weighted by Gasteiger charge is -2.09. The number of anilines is 3. The first-order valence-corrected chi connectivity index (χ1v) is 6.36. The highest BCUT2D eigenvalue weighted by Crippen LogP contribution is 2.28. The molecule has 0 radical (unpaired) electrons. The van der Waals surface area contributed by atoms with Gasteiger partial charge in [0.25, 0.3) is 0 Å². The zero-order chi connectivity index (χ0) is 14.0. The van der Waals surface area contributed by atoms with Gasteiger partial charge in [-0.2, -0.15) is 0 Å². The fourth-order valence-electron chi connectivity index (χ4n) is 1.40. The molecule has 0 unspecified atom stereocenters. The molecule has 4 N–H and O–H groups in total. The van der Waals surface area contributed by atoms with E-state index in [1.165, 1.54) is 12.1 Å². The van der Waals surface area contributed by atoms with Crippen LogP contribution in [0.15, 0.2) is 34.8 Å². The minimum Gasteiger partial charge on any atom is -0.477 e. The number of rotatable bonds is 3. The average molecular weight is 343 g/mol. The maximum absolute atomic E-state index is 10.9. The molecular formula is C12H9BrClN3O2. The fourth-order valence-corrected chi connectivity index (χ4v) is 1.83. The summed E-state index contributed by atoms with van der Waals surface area (Å²) >= 11 is 9.25. The largest absolute Gasteiger partial charge is 0.477 e. The van der Waals surface area contributed by atoms with E-state index >= 15 is 0 Å². The van der Waals surface area contributed by atoms with Crippen molar-refractivity contribution in [3.63, 3.8) is 0 Å². The van der Waals surface area contributed by atoms with Crippen molar-refractivity contribution in [1.82, 2.24) is 4.98 Å². The van der Waals surface area contributed by atoms with E-state index in [2.05, 4.69) is 26.2 Å². The molecule has 98 valence electrons. The second kappa shape index (κ2) is 5.46. The van der Waals surface area contributed by atoms with Crippen molar-refractivity contribution in [1.29, 1.82) is 0 Å². The Bertz CT molecular complexity index is 649. The number of nitrogens with one attached hydrogen (secondary N) is 1. The van der Waals surface area contributed by atoms with E-state index in [9.17, 15) is 4.79 Å². The minimum absolute atomic E-state index is 0.0834. The van der Waals surface area contributed by atoms with Crippen LogP contribution in [0.3, 0.4) is 0 Å². The first-order chi connectivity index (χ1) is 8.97. The van der Waals surface area contributed by atoms with Gasteiger partial charge < -0.3 is 16.2 Å². The Hall–Kier alpha value is -1.79. The third-order valence-electron chi connectivity index (χ3n) is 2.33. The van der Waals surface area contributed by atoms with Crippen LogP contribution in [0.2, 0.25) is 5.02 Å². The first-order valence-electron chi connectivity index (χ1n) is 5.19. The summed E-state index contributed by atoms with van der Waals surface area (Å²) in [5, 5.41) is 12.3. The molecule has 0 spiro atoms. The molecule has 0 saturated carbocycles. The van der Waals surface area contributed by atoms with Gasteiger partial charge in [0, 0.05) is 10.2 Å². The molecule has 1 aromatic carbocycles. The topological polar surface area (TPSA) is 88.2 Å². The van der Waals surface area contributed by atoms with Crippen molar-refractivity contribution in [3.05, 3.63) is 45.5 Å². The quantitative estimate of drug-likeness (QED) is 0.794. The molecule has 0 aliphatic rings. The molecule has 0 aliphatic carbocycles. The van der Waals surface area contributed by atoms with Gasteiger partial charge in [0.05, 0.1) is 10.7 Å². The average Bonchev–Trinajstić information content (AvgIpc) is 2.36. The van der Waals surface area contributed by atoms with Gasteiger partial charge >= 0.3 is 5.97 Å². The van der Waals surface area contributed by atoms with Gasteiger partial charge in [-0.25, -0.2) is 9.78 Å². The van der Waals surface area contributed by atoms with Crippen LogP contribution in [0, 0.1) is 0 Å². The van der Waals surface area contributed by atoms with Crippen molar-refractivity contribution >= 4 is 50.7 Å². The Morgan fingerprint density at radius 2 is 2.11 bits per heavy atom. The zero-order valence-electron chi connectivity index (χ0n) is 9.52. The number of nitrogen functional groups attached to an aromatic ring is 1. The molecule has 1 heterocycles. The standard InChI is InChI=1S/C12H9BrClN3O2/c13-7-2-1-6(5-8(7)14)16-11-9(15)3-4-10(17-11)12(18)19/h1-5H,15H2,(H,16,17)(H,18,19). The van der Waals surface area contributed by atoms with E-state index in [4.69, 9.17) is 22.4 Å². The van der Waals surface area contributed by atoms with Gasteiger partial charge in [0.15, 0.2) is 11.5 Å². The Kier molecular flexibility index (Phi) is 3.92. The highest BCUT2D eigenvalue weighted by Gasteiger charge is 2.09. The van der Waals surface area contributed by atoms with E-state index < -0.39 is 5.97 Å². The number of halogens is 2. The lowest BCUT2D eigenvalue weighted by atomic mass is 10.3. The second-order valence-corrected chi connectivity index (χ2v) is 4.95. The molecule has 0 saturated heterocycles. The molecule has 0 fully saturated rings. The van der Waals surface area contributed by atoms with Crippen molar-refractivity contribution < 1.29 is 9.90 Å². The van der Waals surface area contributed by atoms with E-state index in [0.29, 0.717) is 16.4 Å². The van der Waals surface area contributed by atoms with Gasteiger partial charge in [-0.1, -0.05) is 11.6 Å². The maximum Gasteiger partial charge on any atom is 0.354 e. The molecule has 2 rings (SSSR count). The van der Waals surface area contributed by atoms with Crippen molar-refractivity contribution in [2.24, 2.45) is 0 Å². The van der Waals surface area contributed by atoms with Crippen LogP contribution >= 0.6 is 27.5 Å². The zero-order valence-corrected chi connectivity index (χ0v) is 11.9. The number of hydrogen-bond donors (Lipinski definition) is 3. The van der Waals surface area contributed by atoms with Crippen LogP contribution in [0.5, 0.6) is 0 Å². The number of aromatic nitrogens is 1. The van der Waals surface area contributed by atoms with E-state index in [-0.39, 0.29) is 11.5 Å². The molecule has 7 heteroatoms. The van der Waals surface area contributed by atoms with Crippen molar-refractivity contribution in [3.8, 4) is 0 Å². The molecular weight excluding hydrogens is 334 g/mol. The number of nitrogens with two attached hydrogens (primary N) is 1. The maximum atomic E-state index is 10.9. The predicted molar refractivity (Wildman–Crippen MR) is 78.0 cm³/mol. The summed E-state index contributed by atoms with van der Waals surface area (Å²) in [6.07, 6.45) is 0. The number of aromatic carboxylic acids is 1. The number of nitrogens with zero attached hydrogens (tertiary/aromatic N) is 1. The summed E-state index contributed by atoms with van der Waals surface area (Å²) in [5.41, 5.74) is 6.67. The SMILES string of the molecule is Nc1ccc(C(=O)O)nc1Nc1ccc(Br)c(Cl)c1. The van der Waals surface area contributed by atoms with Crippen LogP contribution in [-0.2, 0) is 0 Å². The molecule has 0 amide bonds. The monoisotopic (exact) mass is 341 g/mol. The lowest BCUT2D eigenvalue weighted by Crippen LogP contribution is -2.05. The van der Waals surface area contributed by atoms with Crippen molar-refractivity contribution in [2.75, 3.05) is 11.1 Å². The number of benzene rings is 1. The van der Waals surface area contributed by atoms with Gasteiger partial charge in [0.1, 0.15) is 0 Å². The Balaban J connectivity index is 2.34. The molecule has 19 heavy (non-hydrogen) atoms. The fraction of sp³-hybridized carbons (Fsp3) is 0. The third-order valence-corrected chi connectivity index (χ3v) is 3.56. The second-order valence-electron chi connectivity index (χ2n) is 3.69. The van der Waals surface area contributed by atoms with Crippen LogP contribution < -0.4 is 11.1 Å². The molecule has 2 aromatic rings. The van der Waals surface area contributed by atoms with Crippen LogP contribution in [0.25, 0.3) is 0 Å². The molecule has 1 aromatic heterocycles. The smallest absolute Gasteiger partial charge is 0.354 e. The van der Waals surface area contributed by atoms with E-state index in [1.54, 1.807) is 18.2 Å². The summed E-state index contributed by atoms with van der Waals surface area (Å²) in [4.78, 5) is 14.8. The van der Waals surface area contributed by atoms with Crippen LogP contribution in [0.4, 0.5) is 17.2 Å². The van der Waals surface area contributed by atoms with Gasteiger partial charge in [-0.3, -0.25) is 0 Å². The number of carboxylic acid groups (broad SMARTS) is 1. The molecule has 5 nitrogen and oxygen atoms in total. The van der Waals surface area contributed by atoms with Gasteiger partial charge in [-0.15, -0.1) is 0 Å². The Morgan fingerprint density at radius 1 is 1.37 bits per heavy atom. The number of pyridine rings is 1. The summed E-state index contributed by atoms with van der Waals surface area (Å²) in [5.74, 6) is -0.838. The normalized spacial score (nSPS) is 10.2. The number of hydrogen-bond acceptors (Lipinski definition) is 4. The van der Waals surface area contributed by atoms with Crippen molar-refractivity contribution in [2.45, 2.75) is 0 Å². The van der Waals surface area contributed by atoms with Gasteiger partial charge in [-0.05, 0) is 46.3 Å². The number of carbonyl (C=O) groups is 1. The lowest BCUT2D eigenvalue weighted by molar-refractivity contribution is 0.0690. The summed E-state index contributed by atoms with van der Waals surface area (Å²) < 4.78 is 0.764. The Morgan fingerprint density at radius 3 is 2.74 bits per heavy atom. The summed E-state index contributed by atoms with van der Waals surface area (Å²) in [6, 6.07) is 8.04. The molecule has 0 atom stereocenters. The molecule has 0 aliphatic heterocycles. The minimum atomic E-state index is -1.11. The summed E-state index contributed by atoms with van der Waals surface area (Å²) in [7, 11) is 0. The van der Waals surface area contributed by atoms with E-state index in [0.717, 1.165) is 4.47 Å². The number of carboxylic acids is 1. The Labute approximate surface area is 122 Å². The van der Waals surface area contributed by atoms with E-state index in [1.807, 2.05) is 0 Å². The highest BCUT2D eigenvalue weighted by atomic mass is 79.9. The molecule has 0 bridgehead atoms.